The Bertz CT molecular complexity index is 2970. The van der Waals surface area contributed by atoms with Crippen molar-refractivity contribution in [3.8, 4) is 45.8 Å². The summed E-state index contributed by atoms with van der Waals surface area (Å²) in [4.78, 5) is 3.91. The molecule has 0 radical (unpaired) electrons. The Labute approximate surface area is 288 Å². The maximum Gasteiger partial charge on any atom is 0.211 e. The van der Waals surface area contributed by atoms with Crippen molar-refractivity contribution < 1.29 is 0 Å². The maximum atomic E-state index is 9.97. The van der Waals surface area contributed by atoms with Gasteiger partial charge in [0.05, 0.1) is 57.6 Å². The lowest BCUT2D eigenvalue weighted by atomic mass is 9.96. The summed E-state index contributed by atoms with van der Waals surface area (Å²) in [5.74, 6) is 0. The number of hydrogen-bond acceptors (Lipinski definition) is 2. The second-order valence-electron chi connectivity index (χ2n) is 12.3. The van der Waals surface area contributed by atoms with E-state index in [1.165, 1.54) is 0 Å². The first-order valence-electron chi connectivity index (χ1n) is 16.3. The second-order valence-corrected chi connectivity index (χ2v) is 12.3. The summed E-state index contributed by atoms with van der Waals surface area (Å²) in [6, 6.07) is 55.6. The molecule has 9 aromatic rings. The lowest BCUT2D eigenvalue weighted by Gasteiger charge is -2.16. The summed E-state index contributed by atoms with van der Waals surface area (Å²) in [5, 5.41) is 23.8. The van der Waals surface area contributed by atoms with Gasteiger partial charge in [0.1, 0.15) is 0 Å². The Balaban J connectivity index is 1.23. The number of nitriles is 2. The molecule has 0 bridgehead atoms. The molecule has 0 saturated carbocycles. The van der Waals surface area contributed by atoms with E-state index in [-0.39, 0.29) is 0 Å². The number of para-hydroxylation sites is 3. The number of rotatable bonds is 4. The average molecular weight is 636 g/mol. The third-order valence-electron chi connectivity index (χ3n) is 9.57. The molecule has 0 fully saturated rings. The van der Waals surface area contributed by atoms with Crippen molar-refractivity contribution in [3.05, 3.63) is 174 Å². The fourth-order valence-electron chi connectivity index (χ4n) is 7.38. The Hall–Kier alpha value is -7.39. The lowest BCUT2D eigenvalue weighted by molar-refractivity contribution is 1.18. The third kappa shape index (κ3) is 4.38. The van der Waals surface area contributed by atoms with Crippen molar-refractivity contribution in [3.63, 3.8) is 0 Å². The van der Waals surface area contributed by atoms with Crippen LogP contribution < -0.4 is 0 Å². The highest BCUT2D eigenvalue weighted by Crippen LogP contribution is 2.41. The Kier molecular flexibility index (Phi) is 6.56. The smallest absolute Gasteiger partial charge is 0.211 e. The molecule has 50 heavy (non-hydrogen) atoms. The summed E-state index contributed by atoms with van der Waals surface area (Å²) >= 11 is 0. The van der Waals surface area contributed by atoms with Gasteiger partial charge in [-0.25, -0.2) is 4.85 Å². The van der Waals surface area contributed by atoms with E-state index in [1.807, 2.05) is 72.8 Å². The highest BCUT2D eigenvalue weighted by atomic mass is 15.0. The minimum absolute atomic E-state index is 0.563. The Morgan fingerprint density at radius 1 is 0.480 bits per heavy atom. The SMILES string of the molecule is [C-]#[N+]c1cccc2c3ccccc3n(-c3ccc(C#N)cc3-c3cccc(-c4cccc(-n5c6ccccc6c6cc(C#N)ccc65)c4)c3)c12. The molecule has 0 aliphatic rings. The van der Waals surface area contributed by atoms with Crippen molar-refractivity contribution in [1.82, 2.24) is 9.13 Å². The molecule has 0 aliphatic heterocycles. The fraction of sp³-hybridized carbons (Fsp3) is 0. The summed E-state index contributed by atoms with van der Waals surface area (Å²) in [5.41, 5.74) is 11.6. The predicted molar refractivity (Wildman–Crippen MR) is 202 cm³/mol. The first-order valence-corrected chi connectivity index (χ1v) is 16.3. The van der Waals surface area contributed by atoms with Gasteiger partial charge in [-0.1, -0.05) is 84.9 Å². The lowest BCUT2D eigenvalue weighted by Crippen LogP contribution is -1.98. The quantitative estimate of drug-likeness (QED) is 0.181. The first kappa shape index (κ1) is 28.8. The largest absolute Gasteiger partial charge is 0.318 e. The van der Waals surface area contributed by atoms with Crippen molar-refractivity contribution >= 4 is 49.3 Å². The van der Waals surface area contributed by atoms with Crippen LogP contribution in [0.1, 0.15) is 11.1 Å². The van der Waals surface area contributed by atoms with Crippen LogP contribution in [-0.4, -0.2) is 9.13 Å². The normalized spacial score (nSPS) is 11.1. The van der Waals surface area contributed by atoms with Crippen LogP contribution in [0, 0.1) is 29.2 Å². The van der Waals surface area contributed by atoms with E-state index in [9.17, 15) is 10.5 Å². The van der Waals surface area contributed by atoms with Crippen molar-refractivity contribution in [1.29, 1.82) is 10.5 Å². The predicted octanol–water partition coefficient (Wildman–Crippen LogP) is 11.5. The van der Waals surface area contributed by atoms with Crippen LogP contribution in [0.15, 0.2) is 152 Å². The van der Waals surface area contributed by atoms with Crippen LogP contribution in [0.3, 0.4) is 0 Å². The van der Waals surface area contributed by atoms with E-state index >= 15 is 0 Å². The number of hydrogen-bond donors (Lipinski definition) is 0. The zero-order valence-electron chi connectivity index (χ0n) is 26.7. The average Bonchev–Trinajstić information content (AvgIpc) is 3.70. The van der Waals surface area contributed by atoms with Gasteiger partial charge in [0, 0.05) is 27.4 Å². The molecule has 9 rings (SSSR count). The van der Waals surface area contributed by atoms with Gasteiger partial charge in [-0.05, 0) is 88.8 Å². The summed E-state index contributed by atoms with van der Waals surface area (Å²) in [6.07, 6.45) is 0. The van der Waals surface area contributed by atoms with E-state index in [1.54, 1.807) is 0 Å². The molecule has 2 heterocycles. The van der Waals surface area contributed by atoms with Crippen LogP contribution in [0.4, 0.5) is 5.69 Å². The monoisotopic (exact) mass is 635 g/mol. The maximum absolute atomic E-state index is 9.97. The zero-order chi connectivity index (χ0) is 33.8. The summed E-state index contributed by atoms with van der Waals surface area (Å²) in [6.45, 7) is 7.99. The third-order valence-corrected chi connectivity index (χ3v) is 9.57. The van der Waals surface area contributed by atoms with E-state index in [0.717, 1.165) is 77.2 Å². The van der Waals surface area contributed by atoms with Gasteiger partial charge in [0.15, 0.2) is 0 Å². The molecular formula is C45H25N5. The van der Waals surface area contributed by atoms with Gasteiger partial charge < -0.3 is 9.13 Å². The highest BCUT2D eigenvalue weighted by Gasteiger charge is 2.19. The van der Waals surface area contributed by atoms with Crippen LogP contribution in [-0.2, 0) is 0 Å². The van der Waals surface area contributed by atoms with E-state index in [4.69, 9.17) is 6.57 Å². The van der Waals surface area contributed by atoms with E-state index < -0.39 is 0 Å². The molecule has 0 unspecified atom stereocenters. The minimum atomic E-state index is 0.563. The topological polar surface area (TPSA) is 61.8 Å². The summed E-state index contributed by atoms with van der Waals surface area (Å²) in [7, 11) is 0. The molecule has 0 amide bonds. The molecular weight excluding hydrogens is 611 g/mol. The molecule has 5 heteroatoms. The molecule has 230 valence electrons. The molecule has 0 atom stereocenters. The Morgan fingerprint density at radius 2 is 1.08 bits per heavy atom. The van der Waals surface area contributed by atoms with Crippen molar-refractivity contribution in [2.24, 2.45) is 0 Å². The van der Waals surface area contributed by atoms with Crippen LogP contribution in [0.5, 0.6) is 0 Å². The molecule has 0 N–H and O–H groups in total. The molecule has 0 aliphatic carbocycles. The highest BCUT2D eigenvalue weighted by molar-refractivity contribution is 6.14. The van der Waals surface area contributed by atoms with Crippen molar-refractivity contribution in [2.75, 3.05) is 0 Å². The van der Waals surface area contributed by atoms with Crippen LogP contribution >= 0.6 is 0 Å². The number of aromatic nitrogens is 2. The first-order chi connectivity index (χ1) is 24.7. The zero-order valence-corrected chi connectivity index (χ0v) is 26.7. The Morgan fingerprint density at radius 3 is 1.86 bits per heavy atom. The number of fused-ring (bicyclic) bond motifs is 6. The van der Waals surface area contributed by atoms with E-state index in [0.29, 0.717) is 16.8 Å². The van der Waals surface area contributed by atoms with Crippen molar-refractivity contribution in [2.45, 2.75) is 0 Å². The molecule has 7 aromatic carbocycles. The van der Waals surface area contributed by atoms with Gasteiger partial charge in [0.25, 0.3) is 0 Å². The second kappa shape index (κ2) is 11.4. The number of nitrogens with zero attached hydrogens (tertiary/aromatic N) is 5. The van der Waals surface area contributed by atoms with Gasteiger partial charge in [-0.3, -0.25) is 0 Å². The molecule has 0 saturated heterocycles. The molecule has 5 nitrogen and oxygen atoms in total. The van der Waals surface area contributed by atoms with Crippen LogP contribution in [0.25, 0.3) is 82.1 Å². The standard InChI is InChI=1S/C45H25N5/c1-48-40-16-8-15-37-35-13-2-5-18-42(35)50(45(37)40)43-21-19-29(27-46)23-38(43)33-11-6-9-31(25-33)32-10-7-12-34(26-32)49-41-17-4-3-14-36(41)39-24-30(28-47)20-22-44(39)49/h2-26H. The molecule has 2 aromatic heterocycles. The fourth-order valence-corrected chi connectivity index (χ4v) is 7.38. The van der Waals surface area contributed by atoms with E-state index in [2.05, 4.69) is 105 Å². The van der Waals surface area contributed by atoms with Gasteiger partial charge in [0.2, 0.25) is 5.69 Å². The molecule has 0 spiro atoms. The van der Waals surface area contributed by atoms with Gasteiger partial charge >= 0.3 is 0 Å². The summed E-state index contributed by atoms with van der Waals surface area (Å²) < 4.78 is 4.42. The van der Waals surface area contributed by atoms with Crippen LogP contribution in [0.2, 0.25) is 0 Å². The van der Waals surface area contributed by atoms with Gasteiger partial charge in [-0.2, -0.15) is 10.5 Å². The number of benzene rings is 7. The minimum Gasteiger partial charge on any atom is -0.318 e. The van der Waals surface area contributed by atoms with Gasteiger partial charge in [-0.15, -0.1) is 0 Å².